The number of hydrogen-bond acceptors (Lipinski definition) is 3. The zero-order chi connectivity index (χ0) is 20.2. The van der Waals surface area contributed by atoms with Crippen molar-refractivity contribution in [1.29, 1.82) is 0 Å². The summed E-state index contributed by atoms with van der Waals surface area (Å²) in [7, 11) is 0. The van der Waals surface area contributed by atoms with E-state index in [0.29, 0.717) is 22.3 Å². The molecule has 2 aromatic carbocycles. The molecule has 0 bridgehead atoms. The van der Waals surface area contributed by atoms with Crippen LogP contribution in [0, 0.1) is 0 Å². The van der Waals surface area contributed by atoms with Crippen molar-refractivity contribution >= 4 is 40.0 Å². The maximum atomic E-state index is 12.4. The van der Waals surface area contributed by atoms with Crippen molar-refractivity contribution in [3.8, 4) is 0 Å². The Morgan fingerprint density at radius 1 is 0.966 bits per heavy atom. The highest BCUT2D eigenvalue weighted by Gasteiger charge is 2.17. The van der Waals surface area contributed by atoms with Crippen molar-refractivity contribution in [2.45, 2.75) is 6.54 Å². The average Bonchev–Trinajstić information content (AvgIpc) is 3.16. The van der Waals surface area contributed by atoms with Gasteiger partial charge in [0.2, 0.25) is 0 Å². The zero-order valence-corrected chi connectivity index (χ0v) is 17.6. The van der Waals surface area contributed by atoms with Gasteiger partial charge in [0, 0.05) is 56.7 Å². The Kier molecular flexibility index (Phi) is 6.40. The minimum atomic E-state index is -0.0561. The fourth-order valence-corrected chi connectivity index (χ4v) is 4.01. The Hall–Kier alpha value is -2.05. The smallest absolute Gasteiger partial charge is 0.267 e. The first-order chi connectivity index (χ1) is 14.1. The van der Waals surface area contributed by atoms with Gasteiger partial charge >= 0.3 is 0 Å². The van der Waals surface area contributed by atoms with Gasteiger partial charge in [-0.25, -0.2) is 0 Å². The van der Waals surface area contributed by atoms with Crippen LogP contribution in [0.4, 0.5) is 0 Å². The minimum Gasteiger partial charge on any atom is -0.351 e. The Balaban J connectivity index is 1.20. The molecule has 2 N–H and O–H groups in total. The maximum absolute atomic E-state index is 12.4. The van der Waals surface area contributed by atoms with E-state index >= 15 is 0 Å². The normalized spacial score (nSPS) is 15.7. The van der Waals surface area contributed by atoms with Gasteiger partial charge in [-0.3, -0.25) is 14.6 Å². The Morgan fingerprint density at radius 2 is 1.72 bits per heavy atom. The minimum absolute atomic E-state index is 0.0561. The summed E-state index contributed by atoms with van der Waals surface area (Å²) in [6, 6.07) is 15.6. The van der Waals surface area contributed by atoms with Gasteiger partial charge in [0.15, 0.2) is 0 Å². The van der Waals surface area contributed by atoms with Crippen LogP contribution in [-0.2, 0) is 6.54 Å². The number of fused-ring (bicyclic) bond motifs is 1. The number of para-hydroxylation sites is 1. The van der Waals surface area contributed by atoms with Crippen LogP contribution in [0.25, 0.3) is 10.9 Å². The van der Waals surface area contributed by atoms with Crippen molar-refractivity contribution in [2.75, 3.05) is 39.3 Å². The molecule has 0 atom stereocenters. The highest BCUT2D eigenvalue weighted by molar-refractivity contribution is 6.42. The Morgan fingerprint density at radius 3 is 2.48 bits per heavy atom. The third-order valence-electron chi connectivity index (χ3n) is 5.34. The number of amides is 1. The molecule has 1 aliphatic heterocycles. The van der Waals surface area contributed by atoms with Gasteiger partial charge in [0.05, 0.1) is 10.0 Å². The molecule has 152 valence electrons. The lowest BCUT2D eigenvalue weighted by Gasteiger charge is -2.34. The van der Waals surface area contributed by atoms with Gasteiger partial charge in [-0.05, 0) is 29.8 Å². The van der Waals surface area contributed by atoms with E-state index in [1.54, 1.807) is 0 Å². The van der Waals surface area contributed by atoms with E-state index in [1.807, 2.05) is 48.5 Å². The molecule has 0 radical (unpaired) electrons. The van der Waals surface area contributed by atoms with Crippen LogP contribution in [0.1, 0.15) is 16.1 Å². The van der Waals surface area contributed by atoms with Crippen molar-refractivity contribution in [3.63, 3.8) is 0 Å². The second-order valence-electron chi connectivity index (χ2n) is 7.39. The summed E-state index contributed by atoms with van der Waals surface area (Å²) < 4.78 is 0. The van der Waals surface area contributed by atoms with E-state index < -0.39 is 0 Å². The third-order valence-corrected chi connectivity index (χ3v) is 6.08. The molecular weight excluding hydrogens is 407 g/mol. The summed E-state index contributed by atoms with van der Waals surface area (Å²) in [6.07, 6.45) is 0. The second-order valence-corrected chi connectivity index (χ2v) is 8.21. The van der Waals surface area contributed by atoms with Gasteiger partial charge < -0.3 is 10.3 Å². The molecule has 0 spiro atoms. The van der Waals surface area contributed by atoms with E-state index in [1.165, 1.54) is 5.56 Å². The summed E-state index contributed by atoms with van der Waals surface area (Å²) in [4.78, 5) is 20.3. The molecule has 0 aliphatic carbocycles. The number of aromatic amines is 1. The van der Waals surface area contributed by atoms with E-state index in [4.69, 9.17) is 23.2 Å². The number of aromatic nitrogens is 1. The van der Waals surface area contributed by atoms with E-state index in [9.17, 15) is 4.79 Å². The van der Waals surface area contributed by atoms with Gasteiger partial charge in [-0.2, -0.15) is 0 Å². The van der Waals surface area contributed by atoms with Crippen LogP contribution in [0.5, 0.6) is 0 Å². The summed E-state index contributed by atoms with van der Waals surface area (Å²) in [5, 5.41) is 5.27. The monoisotopic (exact) mass is 430 g/mol. The molecule has 1 amide bonds. The summed E-state index contributed by atoms with van der Waals surface area (Å²) >= 11 is 12.1. The van der Waals surface area contributed by atoms with Crippen LogP contribution >= 0.6 is 23.2 Å². The molecule has 7 heteroatoms. The highest BCUT2D eigenvalue weighted by atomic mass is 35.5. The van der Waals surface area contributed by atoms with Gasteiger partial charge in [0.25, 0.3) is 5.91 Å². The molecule has 3 aromatic rings. The first-order valence-corrected chi connectivity index (χ1v) is 10.6. The lowest BCUT2D eigenvalue weighted by molar-refractivity contribution is 0.0930. The van der Waals surface area contributed by atoms with Crippen molar-refractivity contribution in [2.24, 2.45) is 0 Å². The lowest BCUT2D eigenvalue weighted by atomic mass is 10.2. The number of hydrogen-bond donors (Lipinski definition) is 2. The van der Waals surface area contributed by atoms with E-state index in [-0.39, 0.29) is 5.91 Å². The molecule has 0 unspecified atom stereocenters. The number of nitrogens with zero attached hydrogens (tertiary/aromatic N) is 2. The van der Waals surface area contributed by atoms with Crippen LogP contribution in [0.15, 0.2) is 48.5 Å². The molecule has 29 heavy (non-hydrogen) atoms. The molecular formula is C22H24Cl2N4O. The second kappa shape index (κ2) is 9.18. The highest BCUT2D eigenvalue weighted by Crippen LogP contribution is 2.23. The molecule has 0 saturated carbocycles. The van der Waals surface area contributed by atoms with E-state index in [2.05, 4.69) is 20.1 Å². The molecule has 5 nitrogen and oxygen atoms in total. The fraction of sp³-hybridized carbons (Fsp3) is 0.318. The van der Waals surface area contributed by atoms with Crippen LogP contribution in [0.3, 0.4) is 0 Å². The standard InChI is InChI=1S/C22H24Cl2N4O/c23-18-6-5-16(13-19(18)24)15-28-11-9-27(10-12-28)8-7-25-22(29)21-14-17-3-1-2-4-20(17)26-21/h1-6,13-14,26H,7-12,15H2,(H,25,29). The molecule has 1 fully saturated rings. The third kappa shape index (κ3) is 5.11. The first kappa shape index (κ1) is 20.2. The quantitative estimate of drug-likeness (QED) is 0.620. The van der Waals surface area contributed by atoms with Crippen molar-refractivity contribution in [1.82, 2.24) is 20.1 Å². The molecule has 1 saturated heterocycles. The number of benzene rings is 2. The molecule has 1 aliphatic rings. The maximum Gasteiger partial charge on any atom is 0.267 e. The molecule has 4 rings (SSSR count). The topological polar surface area (TPSA) is 51.4 Å². The Labute approximate surface area is 180 Å². The van der Waals surface area contributed by atoms with Crippen LogP contribution < -0.4 is 5.32 Å². The van der Waals surface area contributed by atoms with Crippen LogP contribution in [0.2, 0.25) is 10.0 Å². The lowest BCUT2D eigenvalue weighted by Crippen LogP contribution is -2.48. The molecule has 2 heterocycles. The summed E-state index contributed by atoms with van der Waals surface area (Å²) in [5.74, 6) is -0.0561. The number of carbonyl (C=O) groups excluding carboxylic acids is 1. The van der Waals surface area contributed by atoms with Crippen molar-refractivity contribution < 1.29 is 4.79 Å². The number of piperazine rings is 1. The summed E-state index contributed by atoms with van der Waals surface area (Å²) in [6.45, 7) is 6.34. The van der Waals surface area contributed by atoms with Gasteiger partial charge in [-0.1, -0.05) is 47.5 Å². The predicted molar refractivity (Wildman–Crippen MR) is 119 cm³/mol. The number of rotatable bonds is 6. The SMILES string of the molecule is O=C(NCCN1CCN(Cc2ccc(Cl)c(Cl)c2)CC1)c1cc2ccccc2[nH]1. The number of halogens is 2. The van der Waals surface area contributed by atoms with Gasteiger partial charge in [-0.15, -0.1) is 0 Å². The fourth-order valence-electron chi connectivity index (χ4n) is 3.69. The molecule has 1 aromatic heterocycles. The Bertz CT molecular complexity index is 962. The summed E-state index contributed by atoms with van der Waals surface area (Å²) in [5.41, 5.74) is 2.77. The average molecular weight is 431 g/mol. The largest absolute Gasteiger partial charge is 0.351 e. The van der Waals surface area contributed by atoms with E-state index in [0.717, 1.165) is 50.2 Å². The number of nitrogens with one attached hydrogen (secondary N) is 2. The number of carbonyl (C=O) groups is 1. The number of H-pyrrole nitrogens is 1. The van der Waals surface area contributed by atoms with Crippen molar-refractivity contribution in [3.05, 3.63) is 69.8 Å². The first-order valence-electron chi connectivity index (χ1n) is 9.83. The predicted octanol–water partition coefficient (Wildman–Crippen LogP) is 4.02. The zero-order valence-electron chi connectivity index (χ0n) is 16.1. The van der Waals surface area contributed by atoms with Crippen LogP contribution in [-0.4, -0.2) is 60.0 Å². The van der Waals surface area contributed by atoms with Gasteiger partial charge in [0.1, 0.15) is 5.69 Å².